The van der Waals surface area contributed by atoms with Crippen LogP contribution in [-0.2, 0) is 18.4 Å². The molecule has 3 rings (SSSR count). The number of rotatable bonds is 4. The lowest BCUT2D eigenvalue weighted by atomic mass is 10.4. The molecule has 0 aromatic carbocycles. The molecule has 0 atom stereocenters. The molecule has 0 spiro atoms. The Bertz CT molecular complexity index is 859. The summed E-state index contributed by atoms with van der Waals surface area (Å²) in [4.78, 5) is 24.1. The molecule has 0 saturated heterocycles. The van der Waals surface area contributed by atoms with E-state index in [-0.39, 0.29) is 12.5 Å². The average molecular weight is 319 g/mol. The van der Waals surface area contributed by atoms with E-state index in [0.29, 0.717) is 10.8 Å². The van der Waals surface area contributed by atoms with E-state index >= 15 is 0 Å². The molecule has 0 radical (unpaired) electrons. The molecule has 3 aromatic heterocycles. The lowest BCUT2D eigenvalue weighted by molar-refractivity contribution is -0.117. The van der Waals surface area contributed by atoms with Crippen LogP contribution < -0.4 is 11.0 Å². The van der Waals surface area contributed by atoms with Crippen molar-refractivity contribution in [1.82, 2.24) is 29.6 Å². The van der Waals surface area contributed by atoms with Gasteiger partial charge < -0.3 is 5.32 Å². The van der Waals surface area contributed by atoms with Crippen molar-refractivity contribution in [3.63, 3.8) is 0 Å². The fraction of sp³-hybridized carbons (Fsp3) is 0.250. The van der Waals surface area contributed by atoms with E-state index in [4.69, 9.17) is 0 Å². The monoisotopic (exact) mass is 319 g/mol. The highest BCUT2D eigenvalue weighted by atomic mass is 32.1. The van der Waals surface area contributed by atoms with Gasteiger partial charge in [0.2, 0.25) is 5.91 Å². The van der Waals surface area contributed by atoms with Crippen LogP contribution in [0.15, 0.2) is 28.4 Å². The third kappa shape index (κ3) is 2.68. The molecule has 0 saturated carbocycles. The predicted octanol–water partition coefficient (Wildman–Crippen LogP) is 0.171. The first-order valence-corrected chi connectivity index (χ1v) is 7.30. The standard InChI is InChI=1S/C12H13N7O2S/c1-8-6-9(17(2)14-8)13-10(20)7-18-12(21)19(16-15-18)11-4-3-5-22-11/h3-6H,7H2,1-2H3,(H,13,20). The van der Waals surface area contributed by atoms with Gasteiger partial charge in [0.1, 0.15) is 17.4 Å². The van der Waals surface area contributed by atoms with Gasteiger partial charge in [-0.25, -0.2) is 4.79 Å². The molecule has 0 bridgehead atoms. The molecule has 10 heteroatoms. The number of aryl methyl sites for hydroxylation is 2. The van der Waals surface area contributed by atoms with Gasteiger partial charge in [-0.15, -0.1) is 11.3 Å². The van der Waals surface area contributed by atoms with Gasteiger partial charge in [0.25, 0.3) is 0 Å². The number of thiophene rings is 1. The molecule has 3 heterocycles. The topological polar surface area (TPSA) is 99.6 Å². The second-order valence-corrected chi connectivity index (χ2v) is 5.55. The third-order valence-corrected chi connectivity index (χ3v) is 3.76. The molecular weight excluding hydrogens is 306 g/mol. The number of carbonyl (C=O) groups excluding carboxylic acids is 1. The summed E-state index contributed by atoms with van der Waals surface area (Å²) in [6, 6.07) is 5.30. The minimum Gasteiger partial charge on any atom is -0.309 e. The smallest absolute Gasteiger partial charge is 0.309 e. The number of carbonyl (C=O) groups is 1. The highest BCUT2D eigenvalue weighted by Gasteiger charge is 2.14. The largest absolute Gasteiger partial charge is 0.369 e. The van der Waals surface area contributed by atoms with Gasteiger partial charge in [0.15, 0.2) is 0 Å². The van der Waals surface area contributed by atoms with Crippen molar-refractivity contribution < 1.29 is 4.79 Å². The molecule has 0 fully saturated rings. The fourth-order valence-corrected chi connectivity index (χ4v) is 2.62. The summed E-state index contributed by atoms with van der Waals surface area (Å²) in [5.41, 5.74) is 0.331. The first kappa shape index (κ1) is 14.2. The zero-order valence-electron chi connectivity index (χ0n) is 11.9. The van der Waals surface area contributed by atoms with Gasteiger partial charge in [-0.05, 0) is 34.9 Å². The highest BCUT2D eigenvalue weighted by molar-refractivity contribution is 7.12. The van der Waals surface area contributed by atoms with Gasteiger partial charge in [-0.1, -0.05) is 0 Å². The fourth-order valence-electron chi connectivity index (χ4n) is 1.95. The van der Waals surface area contributed by atoms with E-state index in [1.807, 2.05) is 18.4 Å². The lowest BCUT2D eigenvalue weighted by Gasteiger charge is -2.03. The number of tetrazole rings is 1. The average Bonchev–Trinajstić information content (AvgIpc) is 3.14. The molecule has 0 aliphatic carbocycles. The van der Waals surface area contributed by atoms with Crippen molar-refractivity contribution in [2.24, 2.45) is 7.05 Å². The van der Waals surface area contributed by atoms with E-state index in [1.54, 1.807) is 23.9 Å². The van der Waals surface area contributed by atoms with Crippen molar-refractivity contribution in [3.8, 4) is 5.00 Å². The van der Waals surface area contributed by atoms with Crippen LogP contribution in [0.3, 0.4) is 0 Å². The number of amides is 1. The Morgan fingerprint density at radius 2 is 2.23 bits per heavy atom. The van der Waals surface area contributed by atoms with Gasteiger partial charge in [0.05, 0.1) is 5.69 Å². The summed E-state index contributed by atoms with van der Waals surface area (Å²) in [5.74, 6) is 0.185. The van der Waals surface area contributed by atoms with E-state index < -0.39 is 5.69 Å². The van der Waals surface area contributed by atoms with Crippen LogP contribution >= 0.6 is 11.3 Å². The van der Waals surface area contributed by atoms with E-state index in [2.05, 4.69) is 20.8 Å². The number of anilines is 1. The number of nitrogens with zero attached hydrogens (tertiary/aromatic N) is 6. The van der Waals surface area contributed by atoms with Gasteiger partial charge >= 0.3 is 5.69 Å². The van der Waals surface area contributed by atoms with Crippen molar-refractivity contribution >= 4 is 23.1 Å². The normalized spacial score (nSPS) is 10.8. The molecule has 1 amide bonds. The predicted molar refractivity (Wildman–Crippen MR) is 80.1 cm³/mol. The quantitative estimate of drug-likeness (QED) is 0.739. The van der Waals surface area contributed by atoms with Gasteiger partial charge in [-0.3, -0.25) is 9.48 Å². The van der Waals surface area contributed by atoms with Crippen LogP contribution in [0, 0.1) is 6.92 Å². The summed E-state index contributed by atoms with van der Waals surface area (Å²) in [6.07, 6.45) is 0. The SMILES string of the molecule is Cc1cc(NC(=O)Cn2nnn(-c3cccs3)c2=O)n(C)n1. The number of hydrogen-bond acceptors (Lipinski definition) is 6. The van der Waals surface area contributed by atoms with Crippen LogP contribution in [0.1, 0.15) is 5.69 Å². The molecule has 1 N–H and O–H groups in total. The van der Waals surface area contributed by atoms with Gasteiger partial charge in [0, 0.05) is 13.1 Å². The summed E-state index contributed by atoms with van der Waals surface area (Å²) < 4.78 is 3.73. The summed E-state index contributed by atoms with van der Waals surface area (Å²) in [5, 5.41) is 16.8. The Morgan fingerprint density at radius 1 is 1.41 bits per heavy atom. The second-order valence-electron chi connectivity index (χ2n) is 4.62. The molecule has 3 aromatic rings. The Kier molecular flexibility index (Phi) is 3.59. The van der Waals surface area contributed by atoms with E-state index in [0.717, 1.165) is 15.1 Å². The molecule has 0 unspecified atom stereocenters. The number of nitrogens with one attached hydrogen (secondary N) is 1. The number of aromatic nitrogens is 6. The Hall–Kier alpha value is -2.75. The zero-order chi connectivity index (χ0) is 15.7. The van der Waals surface area contributed by atoms with E-state index in [1.165, 1.54) is 11.3 Å². The molecule has 9 nitrogen and oxygen atoms in total. The minimum atomic E-state index is -0.459. The number of hydrogen-bond donors (Lipinski definition) is 1. The van der Waals surface area contributed by atoms with Crippen molar-refractivity contribution in [2.75, 3.05) is 5.32 Å². The van der Waals surface area contributed by atoms with Crippen molar-refractivity contribution in [3.05, 3.63) is 39.8 Å². The van der Waals surface area contributed by atoms with Crippen LogP contribution in [0.5, 0.6) is 0 Å². The van der Waals surface area contributed by atoms with Gasteiger partial charge in [-0.2, -0.15) is 14.5 Å². The lowest BCUT2D eigenvalue weighted by Crippen LogP contribution is -2.29. The van der Waals surface area contributed by atoms with Crippen LogP contribution in [-0.4, -0.2) is 35.5 Å². The van der Waals surface area contributed by atoms with Crippen LogP contribution in [0.4, 0.5) is 5.82 Å². The van der Waals surface area contributed by atoms with Crippen LogP contribution in [0.25, 0.3) is 5.00 Å². The minimum absolute atomic E-state index is 0.214. The van der Waals surface area contributed by atoms with Crippen molar-refractivity contribution in [1.29, 1.82) is 0 Å². The zero-order valence-corrected chi connectivity index (χ0v) is 12.7. The molecule has 114 valence electrons. The molecular formula is C12H13N7O2S. The highest BCUT2D eigenvalue weighted by Crippen LogP contribution is 2.10. The second kappa shape index (κ2) is 5.56. The molecule has 22 heavy (non-hydrogen) atoms. The maximum Gasteiger partial charge on any atom is 0.369 e. The summed E-state index contributed by atoms with van der Waals surface area (Å²) in [7, 11) is 1.72. The van der Waals surface area contributed by atoms with Crippen LogP contribution in [0.2, 0.25) is 0 Å². The Balaban J connectivity index is 1.75. The third-order valence-electron chi connectivity index (χ3n) is 2.92. The Morgan fingerprint density at radius 3 is 2.86 bits per heavy atom. The Labute approximate surface area is 128 Å². The first-order valence-electron chi connectivity index (χ1n) is 6.42. The maximum atomic E-state index is 12.1. The molecule has 0 aliphatic heterocycles. The van der Waals surface area contributed by atoms with Crippen molar-refractivity contribution in [2.45, 2.75) is 13.5 Å². The maximum absolute atomic E-state index is 12.1. The summed E-state index contributed by atoms with van der Waals surface area (Å²) >= 11 is 1.36. The first-order chi connectivity index (χ1) is 10.5. The van der Waals surface area contributed by atoms with E-state index in [9.17, 15) is 9.59 Å². The molecule has 0 aliphatic rings. The summed E-state index contributed by atoms with van der Waals surface area (Å²) in [6.45, 7) is 1.61.